The highest BCUT2D eigenvalue weighted by Gasteiger charge is 2.05. The Morgan fingerprint density at radius 1 is 1.56 bits per heavy atom. The number of phenolic OH excluding ortho intramolecular Hbond substituents is 1. The second kappa shape index (κ2) is 6.12. The van der Waals surface area contributed by atoms with Gasteiger partial charge in [0.2, 0.25) is 0 Å². The van der Waals surface area contributed by atoms with E-state index >= 15 is 0 Å². The summed E-state index contributed by atoms with van der Waals surface area (Å²) in [6, 6.07) is 6.46. The molecule has 1 atom stereocenters. The van der Waals surface area contributed by atoms with Crippen molar-refractivity contribution in [1.82, 2.24) is 5.32 Å². The molecule has 0 aliphatic carbocycles. The molecule has 0 heterocycles. The number of aromatic hydroxyl groups is 1. The number of hydrogen-bond acceptors (Lipinski definition) is 3. The van der Waals surface area contributed by atoms with Crippen LogP contribution in [0.1, 0.15) is 30.1 Å². The summed E-state index contributed by atoms with van der Waals surface area (Å²) in [7, 11) is 0. The topological polar surface area (TPSA) is 75.3 Å². The van der Waals surface area contributed by atoms with Crippen molar-refractivity contribution in [2.45, 2.75) is 25.8 Å². The van der Waals surface area contributed by atoms with Crippen molar-refractivity contribution in [3.05, 3.63) is 29.8 Å². The fourth-order valence-electron chi connectivity index (χ4n) is 1.38. The van der Waals surface area contributed by atoms with E-state index in [1.54, 1.807) is 12.1 Å². The summed E-state index contributed by atoms with van der Waals surface area (Å²) >= 11 is 0. The van der Waals surface area contributed by atoms with Gasteiger partial charge in [-0.1, -0.05) is 6.07 Å². The number of nitrogens with one attached hydrogen (secondary N) is 1. The largest absolute Gasteiger partial charge is 0.508 e. The summed E-state index contributed by atoms with van der Waals surface area (Å²) in [5.74, 6) is -0.0659. The van der Waals surface area contributed by atoms with Gasteiger partial charge >= 0.3 is 0 Å². The SMILES string of the molecule is CC(N)CCCNC(=O)c1cccc(O)c1. The molecule has 0 aromatic heterocycles. The van der Waals surface area contributed by atoms with Crippen LogP contribution in [-0.2, 0) is 0 Å². The first-order chi connectivity index (χ1) is 7.59. The Balaban J connectivity index is 2.35. The van der Waals surface area contributed by atoms with E-state index in [-0.39, 0.29) is 17.7 Å². The zero-order valence-corrected chi connectivity index (χ0v) is 9.44. The molecule has 0 aliphatic heterocycles. The molecule has 4 nitrogen and oxygen atoms in total. The molecule has 0 saturated heterocycles. The third-order valence-corrected chi connectivity index (χ3v) is 2.23. The predicted octanol–water partition coefficient (Wildman–Crippen LogP) is 1.25. The Morgan fingerprint density at radius 3 is 2.94 bits per heavy atom. The van der Waals surface area contributed by atoms with Crippen LogP contribution in [0.5, 0.6) is 5.75 Å². The van der Waals surface area contributed by atoms with Gasteiger partial charge in [0.05, 0.1) is 0 Å². The number of carbonyl (C=O) groups excluding carboxylic acids is 1. The molecule has 4 heteroatoms. The molecule has 0 spiro atoms. The molecule has 16 heavy (non-hydrogen) atoms. The molecule has 1 aromatic rings. The lowest BCUT2D eigenvalue weighted by Crippen LogP contribution is -2.26. The van der Waals surface area contributed by atoms with Gasteiger partial charge in [0, 0.05) is 18.2 Å². The van der Waals surface area contributed by atoms with Gasteiger partial charge in [-0.2, -0.15) is 0 Å². The maximum absolute atomic E-state index is 11.6. The van der Waals surface area contributed by atoms with Crippen molar-refractivity contribution in [3.8, 4) is 5.75 Å². The summed E-state index contributed by atoms with van der Waals surface area (Å²) in [4.78, 5) is 11.6. The maximum atomic E-state index is 11.6. The quantitative estimate of drug-likeness (QED) is 0.656. The standard InChI is InChI=1S/C12H18N2O2/c1-9(13)4-3-7-14-12(16)10-5-2-6-11(15)8-10/h2,5-6,8-9,15H,3-4,7,13H2,1H3,(H,14,16). The Bertz CT molecular complexity index is 351. The van der Waals surface area contributed by atoms with Crippen LogP contribution >= 0.6 is 0 Å². The van der Waals surface area contributed by atoms with Crippen molar-refractivity contribution in [2.75, 3.05) is 6.54 Å². The zero-order valence-electron chi connectivity index (χ0n) is 9.44. The first kappa shape index (κ1) is 12.5. The molecule has 0 saturated carbocycles. The van der Waals surface area contributed by atoms with Gasteiger partial charge < -0.3 is 16.2 Å². The molecule has 0 radical (unpaired) electrons. The van der Waals surface area contributed by atoms with Crippen LogP contribution in [-0.4, -0.2) is 23.6 Å². The fraction of sp³-hybridized carbons (Fsp3) is 0.417. The minimum Gasteiger partial charge on any atom is -0.508 e. The predicted molar refractivity (Wildman–Crippen MR) is 63.3 cm³/mol. The summed E-state index contributed by atoms with van der Waals surface area (Å²) in [5.41, 5.74) is 6.07. The molecule has 0 bridgehead atoms. The van der Waals surface area contributed by atoms with Gasteiger partial charge in [0.25, 0.3) is 5.91 Å². The number of nitrogens with two attached hydrogens (primary N) is 1. The lowest BCUT2D eigenvalue weighted by Gasteiger charge is -2.07. The van der Waals surface area contributed by atoms with Crippen LogP contribution in [0, 0.1) is 0 Å². The third kappa shape index (κ3) is 4.31. The Labute approximate surface area is 95.5 Å². The number of carbonyl (C=O) groups is 1. The number of benzene rings is 1. The van der Waals surface area contributed by atoms with E-state index in [9.17, 15) is 9.90 Å². The van der Waals surface area contributed by atoms with E-state index in [2.05, 4.69) is 5.32 Å². The zero-order chi connectivity index (χ0) is 12.0. The maximum Gasteiger partial charge on any atom is 0.251 e. The summed E-state index contributed by atoms with van der Waals surface area (Å²) in [5, 5.41) is 12.0. The number of hydrogen-bond donors (Lipinski definition) is 3. The number of amides is 1. The van der Waals surface area contributed by atoms with Crippen LogP contribution in [0.3, 0.4) is 0 Å². The molecule has 0 fully saturated rings. The van der Waals surface area contributed by atoms with E-state index in [0.29, 0.717) is 12.1 Å². The minimum atomic E-state index is -0.166. The normalized spacial score (nSPS) is 12.1. The van der Waals surface area contributed by atoms with Gasteiger partial charge in [-0.15, -0.1) is 0 Å². The van der Waals surface area contributed by atoms with Crippen LogP contribution in [0.15, 0.2) is 24.3 Å². The van der Waals surface area contributed by atoms with Crippen LogP contribution in [0.25, 0.3) is 0 Å². The minimum absolute atomic E-state index is 0.100. The van der Waals surface area contributed by atoms with Gasteiger partial charge in [-0.05, 0) is 38.0 Å². The van der Waals surface area contributed by atoms with E-state index in [1.165, 1.54) is 12.1 Å². The molecule has 1 amide bonds. The second-order valence-electron chi connectivity index (χ2n) is 3.93. The number of rotatable bonds is 5. The highest BCUT2D eigenvalue weighted by molar-refractivity contribution is 5.94. The Kier molecular flexibility index (Phi) is 4.79. The van der Waals surface area contributed by atoms with Crippen molar-refractivity contribution < 1.29 is 9.90 Å². The molecule has 4 N–H and O–H groups in total. The highest BCUT2D eigenvalue weighted by Crippen LogP contribution is 2.10. The Hall–Kier alpha value is -1.55. The first-order valence-corrected chi connectivity index (χ1v) is 5.42. The molecular weight excluding hydrogens is 204 g/mol. The van der Waals surface area contributed by atoms with Gasteiger partial charge in [-0.25, -0.2) is 0 Å². The van der Waals surface area contributed by atoms with E-state index in [4.69, 9.17) is 5.73 Å². The van der Waals surface area contributed by atoms with Crippen LogP contribution in [0.2, 0.25) is 0 Å². The summed E-state index contributed by atoms with van der Waals surface area (Å²) in [6.07, 6.45) is 1.75. The summed E-state index contributed by atoms with van der Waals surface area (Å²) < 4.78 is 0. The molecule has 1 unspecified atom stereocenters. The van der Waals surface area contributed by atoms with Crippen molar-refractivity contribution in [2.24, 2.45) is 5.73 Å². The van der Waals surface area contributed by atoms with E-state index < -0.39 is 0 Å². The monoisotopic (exact) mass is 222 g/mol. The van der Waals surface area contributed by atoms with E-state index in [1.807, 2.05) is 6.92 Å². The second-order valence-corrected chi connectivity index (χ2v) is 3.93. The highest BCUT2D eigenvalue weighted by atomic mass is 16.3. The first-order valence-electron chi connectivity index (χ1n) is 5.42. The van der Waals surface area contributed by atoms with Crippen molar-refractivity contribution in [1.29, 1.82) is 0 Å². The van der Waals surface area contributed by atoms with Gasteiger partial charge in [0.15, 0.2) is 0 Å². The molecule has 0 aliphatic rings. The molecule has 1 aromatic carbocycles. The molecule has 1 rings (SSSR count). The molecule has 88 valence electrons. The molecular formula is C12H18N2O2. The van der Waals surface area contributed by atoms with Crippen molar-refractivity contribution >= 4 is 5.91 Å². The lowest BCUT2D eigenvalue weighted by atomic mass is 10.2. The van der Waals surface area contributed by atoms with Crippen molar-refractivity contribution in [3.63, 3.8) is 0 Å². The van der Waals surface area contributed by atoms with Crippen LogP contribution < -0.4 is 11.1 Å². The summed E-state index contributed by atoms with van der Waals surface area (Å²) in [6.45, 7) is 2.55. The lowest BCUT2D eigenvalue weighted by molar-refractivity contribution is 0.0952. The average molecular weight is 222 g/mol. The average Bonchev–Trinajstić information content (AvgIpc) is 2.24. The third-order valence-electron chi connectivity index (χ3n) is 2.23. The number of phenols is 1. The van der Waals surface area contributed by atoms with Gasteiger partial charge in [-0.3, -0.25) is 4.79 Å². The van der Waals surface area contributed by atoms with Crippen LogP contribution in [0.4, 0.5) is 0 Å². The Morgan fingerprint density at radius 2 is 2.31 bits per heavy atom. The van der Waals surface area contributed by atoms with E-state index in [0.717, 1.165) is 12.8 Å². The van der Waals surface area contributed by atoms with Gasteiger partial charge in [0.1, 0.15) is 5.75 Å². The fourth-order valence-corrected chi connectivity index (χ4v) is 1.38. The smallest absolute Gasteiger partial charge is 0.251 e.